The molecule has 0 radical (unpaired) electrons. The van der Waals surface area contributed by atoms with Crippen LogP contribution in [0.1, 0.15) is 57.4 Å². The maximum Gasteiger partial charge on any atom is 0.191 e. The van der Waals surface area contributed by atoms with Crippen LogP contribution in [-0.2, 0) is 13.6 Å². The average molecular weight is 433 g/mol. The lowest BCUT2D eigenvalue weighted by Gasteiger charge is -2.21. The highest BCUT2D eigenvalue weighted by molar-refractivity contribution is 14.0. The van der Waals surface area contributed by atoms with Crippen molar-refractivity contribution >= 4 is 29.9 Å². The minimum Gasteiger partial charge on any atom is -0.357 e. The molecule has 2 N–H and O–H groups in total. The molecule has 0 unspecified atom stereocenters. The highest BCUT2D eigenvalue weighted by Gasteiger charge is 2.12. The molecule has 132 valence electrons. The van der Waals surface area contributed by atoms with Crippen molar-refractivity contribution in [3.8, 4) is 0 Å². The van der Waals surface area contributed by atoms with E-state index < -0.39 is 0 Å². The summed E-state index contributed by atoms with van der Waals surface area (Å²) in [6.45, 7) is 4.67. The van der Waals surface area contributed by atoms with Gasteiger partial charge in [-0.3, -0.25) is 4.68 Å². The summed E-state index contributed by atoms with van der Waals surface area (Å²) in [5.41, 5.74) is 1.14. The number of hydrogen-bond donors (Lipinski definition) is 2. The molecule has 0 saturated heterocycles. The Morgan fingerprint density at radius 1 is 1.30 bits per heavy atom. The Bertz CT molecular complexity index is 452. The summed E-state index contributed by atoms with van der Waals surface area (Å²) in [5, 5.41) is 10.9. The number of nitrogens with zero attached hydrogens (tertiary/aromatic N) is 3. The molecule has 0 aromatic carbocycles. The predicted octanol–water partition coefficient (Wildman–Crippen LogP) is 3.45. The Kier molecular flexibility index (Phi) is 10.3. The molecule has 0 spiro atoms. The van der Waals surface area contributed by atoms with Crippen molar-refractivity contribution < 1.29 is 0 Å². The van der Waals surface area contributed by atoms with E-state index in [4.69, 9.17) is 0 Å². The first-order valence-corrected chi connectivity index (χ1v) is 8.77. The fraction of sp³-hybridized carbons (Fsp3) is 0.765. The van der Waals surface area contributed by atoms with Crippen LogP contribution in [0.4, 0.5) is 0 Å². The monoisotopic (exact) mass is 433 g/mol. The minimum absolute atomic E-state index is 0. The fourth-order valence-electron chi connectivity index (χ4n) is 3.14. The van der Waals surface area contributed by atoms with Crippen molar-refractivity contribution in [1.29, 1.82) is 0 Å². The van der Waals surface area contributed by atoms with E-state index in [1.165, 1.54) is 44.9 Å². The van der Waals surface area contributed by atoms with Crippen LogP contribution in [0.2, 0.25) is 0 Å². The topological polar surface area (TPSA) is 54.2 Å². The van der Waals surface area contributed by atoms with Gasteiger partial charge in [-0.1, -0.05) is 32.1 Å². The minimum atomic E-state index is 0. The molecule has 6 heteroatoms. The molecule has 0 bridgehead atoms. The highest BCUT2D eigenvalue weighted by Crippen LogP contribution is 2.26. The summed E-state index contributed by atoms with van der Waals surface area (Å²) in [6.07, 6.45) is 13.7. The summed E-state index contributed by atoms with van der Waals surface area (Å²) < 4.78 is 1.81. The lowest BCUT2D eigenvalue weighted by molar-refractivity contribution is 0.332. The molecule has 0 amide bonds. The Hall–Kier alpha value is -0.790. The SMILES string of the molecule is CCNC(=NCc1cnn(C)c1)NCCCC1CCCCC1.I. The van der Waals surface area contributed by atoms with Gasteiger partial charge in [0.15, 0.2) is 5.96 Å². The largest absolute Gasteiger partial charge is 0.357 e. The third-order valence-corrected chi connectivity index (χ3v) is 4.33. The number of hydrogen-bond acceptors (Lipinski definition) is 2. The molecular formula is C17H32IN5. The van der Waals surface area contributed by atoms with E-state index in [-0.39, 0.29) is 24.0 Å². The Morgan fingerprint density at radius 3 is 2.74 bits per heavy atom. The molecule has 0 atom stereocenters. The van der Waals surface area contributed by atoms with Crippen molar-refractivity contribution in [2.24, 2.45) is 18.0 Å². The van der Waals surface area contributed by atoms with Crippen molar-refractivity contribution in [3.05, 3.63) is 18.0 Å². The molecule has 23 heavy (non-hydrogen) atoms. The Balaban J connectivity index is 0.00000264. The van der Waals surface area contributed by atoms with Gasteiger partial charge < -0.3 is 10.6 Å². The lowest BCUT2D eigenvalue weighted by atomic mass is 9.86. The average Bonchev–Trinajstić information content (AvgIpc) is 2.95. The maximum atomic E-state index is 4.62. The van der Waals surface area contributed by atoms with E-state index in [1.54, 1.807) is 0 Å². The third-order valence-electron chi connectivity index (χ3n) is 4.33. The number of halogens is 1. The van der Waals surface area contributed by atoms with Gasteiger partial charge >= 0.3 is 0 Å². The number of aliphatic imine (C=N–C) groups is 1. The maximum absolute atomic E-state index is 4.62. The van der Waals surface area contributed by atoms with E-state index in [1.807, 2.05) is 24.1 Å². The number of rotatable bonds is 7. The Morgan fingerprint density at radius 2 is 2.09 bits per heavy atom. The molecule has 1 saturated carbocycles. The van der Waals surface area contributed by atoms with Crippen molar-refractivity contribution in [2.45, 2.75) is 58.4 Å². The molecule has 1 fully saturated rings. The van der Waals surface area contributed by atoms with Crippen LogP contribution in [0.25, 0.3) is 0 Å². The van der Waals surface area contributed by atoms with Gasteiger partial charge in [-0.2, -0.15) is 5.10 Å². The predicted molar refractivity (Wildman–Crippen MR) is 107 cm³/mol. The number of aryl methyl sites for hydroxylation is 1. The van der Waals surface area contributed by atoms with E-state index in [2.05, 4.69) is 27.6 Å². The molecule has 2 rings (SSSR count). The molecule has 5 nitrogen and oxygen atoms in total. The summed E-state index contributed by atoms with van der Waals surface area (Å²) >= 11 is 0. The lowest BCUT2D eigenvalue weighted by Crippen LogP contribution is -2.37. The van der Waals surface area contributed by atoms with Crippen LogP contribution in [0.15, 0.2) is 17.4 Å². The van der Waals surface area contributed by atoms with Crippen LogP contribution < -0.4 is 10.6 Å². The van der Waals surface area contributed by atoms with Gasteiger partial charge in [0, 0.05) is 31.9 Å². The van der Waals surface area contributed by atoms with Gasteiger partial charge in [-0.25, -0.2) is 4.99 Å². The molecule has 1 heterocycles. The zero-order chi connectivity index (χ0) is 15.6. The van der Waals surface area contributed by atoms with E-state index in [0.717, 1.165) is 30.5 Å². The molecule has 1 aliphatic rings. The first-order chi connectivity index (χ1) is 10.8. The first-order valence-electron chi connectivity index (χ1n) is 8.77. The van der Waals surface area contributed by atoms with Gasteiger partial charge in [0.1, 0.15) is 0 Å². The summed E-state index contributed by atoms with van der Waals surface area (Å²) in [6, 6.07) is 0. The van der Waals surface area contributed by atoms with Crippen molar-refractivity contribution in [2.75, 3.05) is 13.1 Å². The summed E-state index contributed by atoms with van der Waals surface area (Å²) in [4.78, 5) is 4.62. The van der Waals surface area contributed by atoms with Crippen molar-refractivity contribution in [3.63, 3.8) is 0 Å². The molecular weight excluding hydrogens is 401 g/mol. The molecule has 1 aromatic rings. The zero-order valence-corrected chi connectivity index (χ0v) is 16.9. The van der Waals surface area contributed by atoms with Gasteiger partial charge in [-0.15, -0.1) is 24.0 Å². The van der Waals surface area contributed by atoms with Gasteiger partial charge in [-0.05, 0) is 25.7 Å². The highest BCUT2D eigenvalue weighted by atomic mass is 127. The van der Waals surface area contributed by atoms with E-state index >= 15 is 0 Å². The van der Waals surface area contributed by atoms with Crippen LogP contribution >= 0.6 is 24.0 Å². The Labute approximate surface area is 157 Å². The van der Waals surface area contributed by atoms with Gasteiger partial charge in [0.25, 0.3) is 0 Å². The number of guanidine groups is 1. The smallest absolute Gasteiger partial charge is 0.191 e. The van der Waals surface area contributed by atoms with Crippen molar-refractivity contribution in [1.82, 2.24) is 20.4 Å². The summed E-state index contributed by atoms with van der Waals surface area (Å²) in [7, 11) is 1.93. The number of aromatic nitrogens is 2. The molecule has 1 aliphatic carbocycles. The zero-order valence-electron chi connectivity index (χ0n) is 14.6. The van der Waals surface area contributed by atoms with E-state index in [9.17, 15) is 0 Å². The van der Waals surface area contributed by atoms with Crippen LogP contribution in [0, 0.1) is 5.92 Å². The standard InChI is InChI=1S/C17H31N5.HI/c1-3-18-17(20-12-16-13-21-22(2)14-16)19-11-7-10-15-8-5-4-6-9-15;/h13-15H,3-12H2,1-2H3,(H2,18,19,20);1H. The first kappa shape index (κ1) is 20.3. The molecule has 0 aliphatic heterocycles. The van der Waals surface area contributed by atoms with Crippen LogP contribution in [0.3, 0.4) is 0 Å². The quantitative estimate of drug-likeness (QED) is 0.300. The van der Waals surface area contributed by atoms with Gasteiger partial charge in [0.2, 0.25) is 0 Å². The molecule has 1 aromatic heterocycles. The fourth-order valence-corrected chi connectivity index (χ4v) is 3.14. The van der Waals surface area contributed by atoms with Gasteiger partial charge in [0.05, 0.1) is 12.7 Å². The normalized spacial score (nSPS) is 16.0. The number of nitrogens with one attached hydrogen (secondary N) is 2. The van der Waals surface area contributed by atoms with Crippen LogP contribution in [0.5, 0.6) is 0 Å². The second-order valence-electron chi connectivity index (χ2n) is 6.29. The third kappa shape index (κ3) is 8.04. The second-order valence-corrected chi connectivity index (χ2v) is 6.29. The van der Waals surface area contributed by atoms with Crippen LogP contribution in [-0.4, -0.2) is 28.8 Å². The second kappa shape index (κ2) is 11.7. The van der Waals surface area contributed by atoms with E-state index in [0.29, 0.717) is 6.54 Å². The summed E-state index contributed by atoms with van der Waals surface area (Å²) in [5.74, 6) is 1.88.